The molecule has 0 aliphatic heterocycles. The standard InChI is InChI=1S/C14H19ClN2O3/c1-2-17-8-10(15)6-12(17)13(18)16-7-9-4-3-5-11(9)14(19)20/h6,8-9,11H,2-5,7H2,1H3,(H,16,18)(H,19,20). The van der Waals surface area contributed by atoms with Gasteiger partial charge in [0.2, 0.25) is 0 Å². The number of halogens is 1. The van der Waals surface area contributed by atoms with E-state index in [0.29, 0.717) is 30.2 Å². The monoisotopic (exact) mass is 298 g/mol. The summed E-state index contributed by atoms with van der Waals surface area (Å²) in [5.74, 6) is -1.27. The molecule has 0 bridgehead atoms. The largest absolute Gasteiger partial charge is 0.481 e. The molecule has 110 valence electrons. The molecule has 1 aliphatic carbocycles. The van der Waals surface area contributed by atoms with Gasteiger partial charge in [-0.1, -0.05) is 18.0 Å². The molecule has 1 aromatic rings. The number of carboxylic acid groups (broad SMARTS) is 1. The van der Waals surface area contributed by atoms with Crippen molar-refractivity contribution < 1.29 is 14.7 Å². The molecule has 2 rings (SSSR count). The van der Waals surface area contributed by atoms with Crippen LogP contribution >= 0.6 is 11.6 Å². The van der Waals surface area contributed by atoms with Gasteiger partial charge in [-0.25, -0.2) is 0 Å². The summed E-state index contributed by atoms with van der Waals surface area (Å²) in [6.07, 6.45) is 4.18. The summed E-state index contributed by atoms with van der Waals surface area (Å²) >= 11 is 5.90. The van der Waals surface area contributed by atoms with Crippen molar-refractivity contribution in [2.24, 2.45) is 11.8 Å². The Morgan fingerprint density at radius 1 is 1.50 bits per heavy atom. The average Bonchev–Trinajstić information content (AvgIpc) is 3.01. The van der Waals surface area contributed by atoms with Crippen molar-refractivity contribution in [3.63, 3.8) is 0 Å². The Balaban J connectivity index is 1.96. The highest BCUT2D eigenvalue weighted by atomic mass is 35.5. The Morgan fingerprint density at radius 3 is 2.90 bits per heavy atom. The first-order valence-corrected chi connectivity index (χ1v) is 7.27. The topological polar surface area (TPSA) is 71.3 Å². The summed E-state index contributed by atoms with van der Waals surface area (Å²) in [7, 11) is 0. The van der Waals surface area contributed by atoms with Gasteiger partial charge in [-0.15, -0.1) is 0 Å². The highest BCUT2D eigenvalue weighted by Crippen LogP contribution is 2.31. The summed E-state index contributed by atoms with van der Waals surface area (Å²) in [6.45, 7) is 3.00. The number of carboxylic acids is 1. The molecule has 0 spiro atoms. The van der Waals surface area contributed by atoms with Crippen molar-refractivity contribution >= 4 is 23.5 Å². The summed E-state index contributed by atoms with van der Waals surface area (Å²) in [6, 6.07) is 1.63. The Hall–Kier alpha value is -1.49. The molecule has 1 aliphatic rings. The summed E-state index contributed by atoms with van der Waals surface area (Å²) in [4.78, 5) is 23.2. The van der Waals surface area contributed by atoms with Crippen molar-refractivity contribution in [2.45, 2.75) is 32.7 Å². The van der Waals surface area contributed by atoms with Gasteiger partial charge in [0.15, 0.2) is 0 Å². The molecule has 2 unspecified atom stereocenters. The van der Waals surface area contributed by atoms with E-state index in [9.17, 15) is 9.59 Å². The lowest BCUT2D eigenvalue weighted by Crippen LogP contribution is -2.33. The second-order valence-electron chi connectivity index (χ2n) is 5.18. The van der Waals surface area contributed by atoms with Crippen LogP contribution in [-0.2, 0) is 11.3 Å². The Labute approximate surface area is 122 Å². The lowest BCUT2D eigenvalue weighted by molar-refractivity contribution is -0.142. The van der Waals surface area contributed by atoms with Crippen molar-refractivity contribution in [1.82, 2.24) is 9.88 Å². The van der Waals surface area contributed by atoms with Gasteiger partial charge in [-0.05, 0) is 31.7 Å². The van der Waals surface area contributed by atoms with Gasteiger partial charge in [0, 0.05) is 19.3 Å². The maximum absolute atomic E-state index is 12.1. The zero-order valence-corrected chi connectivity index (χ0v) is 12.2. The fourth-order valence-electron chi connectivity index (χ4n) is 2.85. The second kappa shape index (κ2) is 6.31. The molecule has 2 atom stereocenters. The lowest BCUT2D eigenvalue weighted by atomic mass is 9.96. The number of aryl methyl sites for hydroxylation is 1. The molecular weight excluding hydrogens is 280 g/mol. The van der Waals surface area contributed by atoms with Crippen molar-refractivity contribution in [3.05, 3.63) is 23.0 Å². The predicted molar refractivity (Wildman–Crippen MR) is 75.9 cm³/mol. The van der Waals surface area contributed by atoms with E-state index >= 15 is 0 Å². The molecule has 6 heteroatoms. The summed E-state index contributed by atoms with van der Waals surface area (Å²) < 4.78 is 1.78. The molecule has 0 aromatic carbocycles. The van der Waals surface area contributed by atoms with E-state index in [1.165, 1.54) is 0 Å². The number of aromatic nitrogens is 1. The lowest BCUT2D eigenvalue weighted by Gasteiger charge is -2.16. The molecule has 2 N–H and O–H groups in total. The second-order valence-corrected chi connectivity index (χ2v) is 5.61. The zero-order valence-electron chi connectivity index (χ0n) is 11.4. The molecule has 5 nitrogen and oxygen atoms in total. The van der Waals surface area contributed by atoms with Gasteiger partial charge in [0.05, 0.1) is 10.9 Å². The van der Waals surface area contributed by atoms with Crippen molar-refractivity contribution in [1.29, 1.82) is 0 Å². The third-order valence-electron chi connectivity index (χ3n) is 3.94. The Kier molecular flexibility index (Phi) is 4.70. The van der Waals surface area contributed by atoms with Gasteiger partial charge >= 0.3 is 5.97 Å². The first kappa shape index (κ1) is 14.9. The highest BCUT2D eigenvalue weighted by molar-refractivity contribution is 6.31. The number of nitrogens with one attached hydrogen (secondary N) is 1. The number of nitrogens with zero attached hydrogens (tertiary/aromatic N) is 1. The van der Waals surface area contributed by atoms with Gasteiger partial charge in [-0.2, -0.15) is 0 Å². The minimum atomic E-state index is -0.762. The smallest absolute Gasteiger partial charge is 0.306 e. The molecule has 0 saturated heterocycles. The molecule has 1 amide bonds. The quantitative estimate of drug-likeness (QED) is 0.877. The van der Waals surface area contributed by atoms with E-state index in [0.717, 1.165) is 12.8 Å². The molecular formula is C14H19ClN2O3. The fourth-order valence-corrected chi connectivity index (χ4v) is 3.07. The Morgan fingerprint density at radius 2 is 2.25 bits per heavy atom. The first-order chi connectivity index (χ1) is 9.52. The van der Waals surface area contributed by atoms with Crippen LogP contribution in [0.4, 0.5) is 0 Å². The minimum absolute atomic E-state index is 0.0250. The fraction of sp³-hybridized carbons (Fsp3) is 0.571. The maximum Gasteiger partial charge on any atom is 0.306 e. The van der Waals surface area contributed by atoms with Crippen LogP contribution in [0, 0.1) is 11.8 Å². The summed E-state index contributed by atoms with van der Waals surface area (Å²) in [5.41, 5.74) is 0.516. The van der Waals surface area contributed by atoms with Crippen LogP contribution < -0.4 is 5.32 Å². The van der Waals surface area contributed by atoms with E-state index < -0.39 is 5.97 Å². The predicted octanol–water partition coefficient (Wildman–Crippen LogP) is 2.39. The van der Waals surface area contributed by atoms with Crippen molar-refractivity contribution in [3.8, 4) is 0 Å². The average molecular weight is 299 g/mol. The third-order valence-corrected chi connectivity index (χ3v) is 4.14. The molecule has 1 aromatic heterocycles. The van der Waals surface area contributed by atoms with Crippen LogP contribution in [0.15, 0.2) is 12.3 Å². The number of rotatable bonds is 5. The normalized spacial score (nSPS) is 21.9. The molecule has 1 saturated carbocycles. The van der Waals surface area contributed by atoms with E-state index in [1.807, 2.05) is 6.92 Å². The minimum Gasteiger partial charge on any atom is -0.481 e. The van der Waals surface area contributed by atoms with E-state index in [2.05, 4.69) is 5.32 Å². The maximum atomic E-state index is 12.1. The SMILES string of the molecule is CCn1cc(Cl)cc1C(=O)NCC1CCCC1C(=O)O. The van der Waals surface area contributed by atoms with Gasteiger partial charge in [0.25, 0.3) is 5.91 Å². The number of carbonyl (C=O) groups excluding carboxylic acids is 1. The molecule has 1 heterocycles. The van der Waals surface area contributed by atoms with Crippen molar-refractivity contribution in [2.75, 3.05) is 6.54 Å². The Bertz CT molecular complexity index is 513. The summed E-state index contributed by atoms with van der Waals surface area (Å²) in [5, 5.41) is 12.5. The van der Waals surface area contributed by atoms with Gasteiger partial charge < -0.3 is 15.0 Å². The van der Waals surface area contributed by atoms with Gasteiger partial charge in [0.1, 0.15) is 5.69 Å². The van der Waals surface area contributed by atoms with Crippen LogP contribution in [0.3, 0.4) is 0 Å². The number of hydrogen-bond donors (Lipinski definition) is 2. The van der Waals surface area contributed by atoms with Crippen LogP contribution in [-0.4, -0.2) is 28.1 Å². The van der Waals surface area contributed by atoms with Crippen LogP contribution in [0.1, 0.15) is 36.7 Å². The molecule has 0 radical (unpaired) electrons. The number of aliphatic carboxylic acids is 1. The third kappa shape index (κ3) is 3.15. The van der Waals surface area contributed by atoms with Gasteiger partial charge in [-0.3, -0.25) is 9.59 Å². The number of hydrogen-bond acceptors (Lipinski definition) is 2. The highest BCUT2D eigenvalue weighted by Gasteiger charge is 2.33. The first-order valence-electron chi connectivity index (χ1n) is 6.89. The molecule has 20 heavy (non-hydrogen) atoms. The van der Waals surface area contributed by atoms with Crippen LogP contribution in [0.25, 0.3) is 0 Å². The number of carbonyl (C=O) groups is 2. The van der Waals surface area contributed by atoms with E-state index in [-0.39, 0.29) is 17.7 Å². The van der Waals surface area contributed by atoms with Crippen LogP contribution in [0.5, 0.6) is 0 Å². The molecule has 1 fully saturated rings. The number of amides is 1. The van der Waals surface area contributed by atoms with Crippen LogP contribution in [0.2, 0.25) is 5.02 Å². The van der Waals surface area contributed by atoms with E-state index in [1.54, 1.807) is 16.8 Å². The van der Waals surface area contributed by atoms with E-state index in [4.69, 9.17) is 16.7 Å². The zero-order chi connectivity index (χ0) is 14.7.